The van der Waals surface area contributed by atoms with Gasteiger partial charge in [-0.1, -0.05) is 13.8 Å². The summed E-state index contributed by atoms with van der Waals surface area (Å²) in [6.45, 7) is 11.1. The zero-order valence-electron chi connectivity index (χ0n) is 9.76. The highest BCUT2D eigenvalue weighted by Gasteiger charge is 2.26. The Bertz CT molecular complexity index is 201. The van der Waals surface area contributed by atoms with E-state index in [2.05, 4.69) is 37.9 Å². The molecule has 0 aromatic heterocycles. The molecule has 82 valence electrons. The highest BCUT2D eigenvalue weighted by atomic mass is 32.1. The van der Waals surface area contributed by atoms with Crippen LogP contribution in [0.25, 0.3) is 0 Å². The van der Waals surface area contributed by atoms with Gasteiger partial charge in [-0.3, -0.25) is 0 Å². The first kappa shape index (κ1) is 11.8. The predicted molar refractivity (Wildman–Crippen MR) is 65.5 cm³/mol. The van der Waals surface area contributed by atoms with Crippen LogP contribution in [0.4, 0.5) is 0 Å². The Kier molecular flexibility index (Phi) is 3.76. The Labute approximate surface area is 93.1 Å². The molecule has 0 aliphatic carbocycles. The van der Waals surface area contributed by atoms with Crippen molar-refractivity contribution < 1.29 is 0 Å². The van der Waals surface area contributed by atoms with Gasteiger partial charge in [0.25, 0.3) is 0 Å². The van der Waals surface area contributed by atoms with Crippen LogP contribution in [-0.2, 0) is 0 Å². The minimum absolute atomic E-state index is 0.442. The number of hydrogen-bond acceptors (Lipinski definition) is 1. The molecule has 2 nitrogen and oxygen atoms in total. The maximum atomic E-state index is 5.34. The van der Waals surface area contributed by atoms with Crippen LogP contribution in [0.3, 0.4) is 0 Å². The molecule has 0 radical (unpaired) electrons. The van der Waals surface area contributed by atoms with E-state index in [-0.39, 0.29) is 0 Å². The molecule has 0 spiro atoms. The Morgan fingerprint density at radius 2 is 1.79 bits per heavy atom. The fourth-order valence-corrected chi connectivity index (χ4v) is 2.07. The molecule has 0 unspecified atom stereocenters. The van der Waals surface area contributed by atoms with Gasteiger partial charge in [-0.15, -0.1) is 0 Å². The molecule has 14 heavy (non-hydrogen) atoms. The molecule has 1 heterocycles. The van der Waals surface area contributed by atoms with Crippen LogP contribution in [0.5, 0.6) is 0 Å². The van der Waals surface area contributed by atoms with Crippen LogP contribution >= 0.6 is 12.2 Å². The first-order valence-electron chi connectivity index (χ1n) is 5.46. The van der Waals surface area contributed by atoms with E-state index >= 15 is 0 Å². The highest BCUT2D eigenvalue weighted by Crippen LogP contribution is 2.29. The van der Waals surface area contributed by atoms with Crippen LogP contribution in [0, 0.1) is 5.41 Å². The third kappa shape index (κ3) is 3.45. The maximum Gasteiger partial charge on any atom is 0.169 e. The van der Waals surface area contributed by atoms with Gasteiger partial charge < -0.3 is 10.2 Å². The molecule has 0 aromatic rings. The lowest BCUT2D eigenvalue weighted by molar-refractivity contribution is 0.187. The Hall–Kier alpha value is -0.310. The van der Waals surface area contributed by atoms with Crippen molar-refractivity contribution in [3.8, 4) is 0 Å². The molecule has 1 aliphatic rings. The van der Waals surface area contributed by atoms with Crippen molar-refractivity contribution in [1.82, 2.24) is 10.2 Å². The zero-order chi connectivity index (χ0) is 10.8. The summed E-state index contributed by atoms with van der Waals surface area (Å²) < 4.78 is 0. The van der Waals surface area contributed by atoms with E-state index in [9.17, 15) is 0 Å². The Balaban J connectivity index is 2.38. The highest BCUT2D eigenvalue weighted by molar-refractivity contribution is 7.80. The van der Waals surface area contributed by atoms with Crippen LogP contribution in [-0.4, -0.2) is 29.1 Å². The standard InChI is InChI=1S/C11H22N2S/c1-9(2)12-10(14)13-7-5-11(3,4)6-8-13/h9H,5-8H2,1-4H3,(H,12,14). The molecule has 3 heteroatoms. The molecule has 0 amide bonds. The summed E-state index contributed by atoms with van der Waals surface area (Å²) in [7, 11) is 0. The van der Waals surface area contributed by atoms with Crippen LogP contribution in [0.15, 0.2) is 0 Å². The van der Waals surface area contributed by atoms with Gasteiger partial charge in [0.05, 0.1) is 0 Å². The normalized spacial score (nSPS) is 21.1. The second-order valence-electron chi connectivity index (χ2n) is 5.26. The maximum absolute atomic E-state index is 5.34. The fraction of sp³-hybridized carbons (Fsp3) is 0.909. The van der Waals surface area contributed by atoms with Crippen molar-refractivity contribution in [2.24, 2.45) is 5.41 Å². The second-order valence-corrected chi connectivity index (χ2v) is 5.64. The van der Waals surface area contributed by atoms with Crippen LogP contribution in [0.2, 0.25) is 0 Å². The van der Waals surface area contributed by atoms with Gasteiger partial charge >= 0.3 is 0 Å². The van der Waals surface area contributed by atoms with Gasteiger partial charge in [-0.25, -0.2) is 0 Å². The van der Waals surface area contributed by atoms with Crippen molar-refractivity contribution in [1.29, 1.82) is 0 Å². The summed E-state index contributed by atoms with van der Waals surface area (Å²) in [4.78, 5) is 2.29. The molecule has 1 fully saturated rings. The second kappa shape index (κ2) is 4.47. The quantitative estimate of drug-likeness (QED) is 0.675. The molecular weight excluding hydrogens is 192 g/mol. The van der Waals surface area contributed by atoms with Crippen molar-refractivity contribution in [2.45, 2.75) is 46.6 Å². The lowest BCUT2D eigenvalue weighted by Crippen LogP contribution is -2.47. The monoisotopic (exact) mass is 214 g/mol. The van der Waals surface area contributed by atoms with E-state index in [0.717, 1.165) is 18.2 Å². The minimum atomic E-state index is 0.442. The van der Waals surface area contributed by atoms with Crippen molar-refractivity contribution in [2.75, 3.05) is 13.1 Å². The molecule has 0 aromatic carbocycles. The SMILES string of the molecule is CC(C)NC(=S)N1CCC(C)(C)CC1. The summed E-state index contributed by atoms with van der Waals surface area (Å²) >= 11 is 5.34. The summed E-state index contributed by atoms with van der Waals surface area (Å²) in [5, 5.41) is 4.22. The number of rotatable bonds is 1. The van der Waals surface area contributed by atoms with E-state index in [0.29, 0.717) is 11.5 Å². The van der Waals surface area contributed by atoms with E-state index in [1.54, 1.807) is 0 Å². The van der Waals surface area contributed by atoms with E-state index in [1.807, 2.05) is 0 Å². The van der Waals surface area contributed by atoms with Gasteiger partial charge in [-0.05, 0) is 44.3 Å². The van der Waals surface area contributed by atoms with Gasteiger partial charge in [-0.2, -0.15) is 0 Å². The molecule has 1 aliphatic heterocycles. The van der Waals surface area contributed by atoms with Gasteiger partial charge in [0.1, 0.15) is 0 Å². The predicted octanol–water partition coefficient (Wildman–Crippen LogP) is 2.39. The fourth-order valence-electron chi connectivity index (χ4n) is 1.65. The number of thiocarbonyl (C=S) groups is 1. The molecule has 0 saturated carbocycles. The Morgan fingerprint density at radius 3 is 2.21 bits per heavy atom. The number of hydrogen-bond donors (Lipinski definition) is 1. The third-order valence-corrected chi connectivity index (χ3v) is 3.19. The molecule has 1 rings (SSSR count). The van der Waals surface area contributed by atoms with Gasteiger partial charge in [0, 0.05) is 19.1 Å². The molecular formula is C11H22N2S. The van der Waals surface area contributed by atoms with Crippen LogP contribution < -0.4 is 5.32 Å². The number of nitrogens with zero attached hydrogens (tertiary/aromatic N) is 1. The summed E-state index contributed by atoms with van der Waals surface area (Å²) in [5.74, 6) is 0. The minimum Gasteiger partial charge on any atom is -0.360 e. The summed E-state index contributed by atoms with van der Waals surface area (Å²) in [5.41, 5.74) is 0.504. The molecule has 0 bridgehead atoms. The van der Waals surface area contributed by atoms with Gasteiger partial charge in [0.2, 0.25) is 0 Å². The number of piperidine rings is 1. The molecule has 0 atom stereocenters. The zero-order valence-corrected chi connectivity index (χ0v) is 10.6. The smallest absolute Gasteiger partial charge is 0.169 e. The third-order valence-electron chi connectivity index (χ3n) is 2.82. The van der Waals surface area contributed by atoms with Crippen molar-refractivity contribution in [3.63, 3.8) is 0 Å². The lowest BCUT2D eigenvalue weighted by atomic mass is 9.83. The summed E-state index contributed by atoms with van der Waals surface area (Å²) in [6, 6.07) is 0.442. The topological polar surface area (TPSA) is 15.3 Å². The van der Waals surface area contributed by atoms with Crippen LogP contribution in [0.1, 0.15) is 40.5 Å². The van der Waals surface area contributed by atoms with E-state index in [1.165, 1.54) is 12.8 Å². The lowest BCUT2D eigenvalue weighted by Gasteiger charge is -2.38. The number of nitrogens with one attached hydrogen (secondary N) is 1. The molecule has 1 N–H and O–H groups in total. The molecule has 1 saturated heterocycles. The van der Waals surface area contributed by atoms with Gasteiger partial charge in [0.15, 0.2) is 5.11 Å². The largest absolute Gasteiger partial charge is 0.360 e. The number of likely N-dealkylation sites (tertiary alicyclic amines) is 1. The first-order chi connectivity index (χ1) is 6.41. The first-order valence-corrected chi connectivity index (χ1v) is 5.87. The average Bonchev–Trinajstić information content (AvgIpc) is 2.02. The van der Waals surface area contributed by atoms with Crippen molar-refractivity contribution >= 4 is 17.3 Å². The van der Waals surface area contributed by atoms with Crippen molar-refractivity contribution in [3.05, 3.63) is 0 Å². The Morgan fingerprint density at radius 1 is 1.29 bits per heavy atom. The van der Waals surface area contributed by atoms with E-state index in [4.69, 9.17) is 12.2 Å². The summed E-state index contributed by atoms with van der Waals surface area (Å²) in [6.07, 6.45) is 2.49. The average molecular weight is 214 g/mol. The van der Waals surface area contributed by atoms with E-state index < -0.39 is 0 Å².